The lowest BCUT2D eigenvalue weighted by atomic mass is 9.92. The van der Waals surface area contributed by atoms with Crippen LogP contribution in [0, 0.1) is 23.6 Å². The standard InChI is InChI=1S/C38H37FN2S3/c1-4-7-9-11-26-14-17-28(18-15-26)29-20-21-31(38-37(29)40-44-41-38)34-24-36-35(43-34)23-33(42-36)30-19-16-27(22-32(30)39)13-12-25(6-3)10-8-5-2/h14-25H,4-8,10,12-13H2,1-3H3. The first-order valence-corrected chi connectivity index (χ1v) is 18.1. The summed E-state index contributed by atoms with van der Waals surface area (Å²) in [5, 5.41) is 0. The van der Waals surface area contributed by atoms with Crippen LogP contribution in [0.4, 0.5) is 4.39 Å². The number of rotatable bonds is 11. The van der Waals surface area contributed by atoms with Crippen molar-refractivity contribution in [1.82, 2.24) is 8.75 Å². The largest absolute Gasteiger partial charge is 0.206 e. The van der Waals surface area contributed by atoms with Gasteiger partial charge in [0.25, 0.3) is 0 Å². The second kappa shape index (κ2) is 14.2. The zero-order valence-corrected chi connectivity index (χ0v) is 28.0. The average molecular weight is 637 g/mol. The molecule has 3 heterocycles. The Bertz CT molecular complexity index is 1900. The quantitative estimate of drug-likeness (QED) is 0.132. The van der Waals surface area contributed by atoms with E-state index >= 15 is 4.39 Å². The van der Waals surface area contributed by atoms with E-state index in [1.165, 1.54) is 46.8 Å². The predicted molar refractivity (Wildman–Crippen MR) is 190 cm³/mol. The van der Waals surface area contributed by atoms with Crippen molar-refractivity contribution in [3.63, 3.8) is 0 Å². The highest BCUT2D eigenvalue weighted by Gasteiger charge is 2.18. The molecule has 1 unspecified atom stereocenters. The highest BCUT2D eigenvalue weighted by atomic mass is 32.1. The highest BCUT2D eigenvalue weighted by Crippen LogP contribution is 2.44. The molecule has 0 bridgehead atoms. The Hall–Kier alpha value is -3.37. The molecule has 2 nitrogen and oxygen atoms in total. The number of halogens is 1. The lowest BCUT2D eigenvalue weighted by Gasteiger charge is -2.14. The number of unbranched alkanes of at least 4 members (excludes halogenated alkanes) is 2. The Kier molecular flexibility index (Phi) is 9.86. The van der Waals surface area contributed by atoms with Crippen molar-refractivity contribution in [1.29, 1.82) is 0 Å². The Labute approximate surface area is 272 Å². The number of thiophene rings is 2. The molecule has 3 aromatic carbocycles. The van der Waals surface area contributed by atoms with Gasteiger partial charge in [-0.1, -0.05) is 94.7 Å². The third-order valence-electron chi connectivity index (χ3n) is 8.38. The van der Waals surface area contributed by atoms with Crippen molar-refractivity contribution < 1.29 is 4.39 Å². The molecule has 6 aromatic rings. The molecule has 1 atom stereocenters. The van der Waals surface area contributed by atoms with Crippen LogP contribution in [-0.4, -0.2) is 8.75 Å². The SMILES string of the molecule is CCCC#Cc1ccc(-c2ccc(-c3cc4sc(-c5ccc(CCC(CC)CCCC)cc5F)cc4s3)c3nsnc23)cc1. The van der Waals surface area contributed by atoms with E-state index in [0.29, 0.717) is 5.56 Å². The molecular formula is C38H37FN2S3. The zero-order valence-electron chi connectivity index (χ0n) is 25.6. The summed E-state index contributed by atoms with van der Waals surface area (Å²) in [5.41, 5.74) is 7.96. The van der Waals surface area contributed by atoms with Gasteiger partial charge >= 0.3 is 0 Å². The Balaban J connectivity index is 1.21. The molecule has 0 saturated carbocycles. The van der Waals surface area contributed by atoms with E-state index < -0.39 is 0 Å². The summed E-state index contributed by atoms with van der Waals surface area (Å²) >= 11 is 4.65. The van der Waals surface area contributed by atoms with Gasteiger partial charge in [0.2, 0.25) is 0 Å². The summed E-state index contributed by atoms with van der Waals surface area (Å²) in [6, 6.07) is 22.9. The Morgan fingerprint density at radius 2 is 1.43 bits per heavy atom. The number of nitrogens with zero attached hydrogens (tertiary/aromatic N) is 2. The van der Waals surface area contributed by atoms with E-state index in [4.69, 9.17) is 4.37 Å². The second-order valence-corrected chi connectivity index (χ2v) is 14.2. The smallest absolute Gasteiger partial charge is 0.132 e. The van der Waals surface area contributed by atoms with Crippen LogP contribution in [0.1, 0.15) is 76.8 Å². The van der Waals surface area contributed by atoms with Gasteiger partial charge in [-0.05, 0) is 66.6 Å². The van der Waals surface area contributed by atoms with Crippen molar-refractivity contribution >= 4 is 54.8 Å². The Morgan fingerprint density at radius 3 is 2.11 bits per heavy atom. The molecule has 224 valence electrons. The van der Waals surface area contributed by atoms with Gasteiger partial charge in [0.15, 0.2) is 0 Å². The first-order valence-electron chi connectivity index (χ1n) is 15.7. The number of benzene rings is 3. The molecule has 0 aliphatic carbocycles. The minimum absolute atomic E-state index is 0.120. The molecule has 0 radical (unpaired) electrons. The van der Waals surface area contributed by atoms with Crippen LogP contribution in [0.3, 0.4) is 0 Å². The van der Waals surface area contributed by atoms with Gasteiger partial charge in [0.1, 0.15) is 16.9 Å². The topological polar surface area (TPSA) is 25.8 Å². The number of fused-ring (bicyclic) bond motifs is 2. The molecule has 44 heavy (non-hydrogen) atoms. The van der Waals surface area contributed by atoms with Gasteiger partial charge in [0, 0.05) is 47.8 Å². The fourth-order valence-electron chi connectivity index (χ4n) is 5.75. The van der Waals surface area contributed by atoms with Gasteiger partial charge in [0.05, 0.1) is 11.7 Å². The molecule has 0 spiro atoms. The second-order valence-electron chi connectivity index (χ2n) is 11.5. The number of hydrogen-bond acceptors (Lipinski definition) is 5. The van der Waals surface area contributed by atoms with E-state index in [-0.39, 0.29) is 5.82 Å². The molecule has 0 fully saturated rings. The monoisotopic (exact) mass is 636 g/mol. The van der Waals surface area contributed by atoms with Gasteiger partial charge in [-0.15, -0.1) is 22.7 Å². The average Bonchev–Trinajstić information content (AvgIpc) is 3.77. The third kappa shape index (κ3) is 6.66. The van der Waals surface area contributed by atoms with Crippen LogP contribution in [0.2, 0.25) is 0 Å². The molecule has 6 rings (SSSR count). The zero-order chi connectivity index (χ0) is 30.5. The van der Waals surface area contributed by atoms with Crippen molar-refractivity contribution in [3.8, 4) is 43.8 Å². The molecule has 6 heteroatoms. The molecule has 0 aliphatic rings. The first kappa shape index (κ1) is 30.6. The summed E-state index contributed by atoms with van der Waals surface area (Å²) in [6.45, 7) is 6.66. The van der Waals surface area contributed by atoms with Crippen LogP contribution in [-0.2, 0) is 6.42 Å². The summed E-state index contributed by atoms with van der Waals surface area (Å²) in [5.74, 6) is 7.07. The van der Waals surface area contributed by atoms with Gasteiger partial charge in [-0.2, -0.15) is 8.75 Å². The summed E-state index contributed by atoms with van der Waals surface area (Å²) < 4.78 is 27.1. The van der Waals surface area contributed by atoms with Crippen LogP contribution >= 0.6 is 34.4 Å². The minimum atomic E-state index is -0.120. The minimum Gasteiger partial charge on any atom is -0.206 e. The number of aromatic nitrogens is 2. The van der Waals surface area contributed by atoms with Gasteiger partial charge in [-0.3, -0.25) is 0 Å². The highest BCUT2D eigenvalue weighted by molar-refractivity contribution is 7.31. The lowest BCUT2D eigenvalue weighted by Crippen LogP contribution is -2.01. The lowest BCUT2D eigenvalue weighted by molar-refractivity contribution is 0.421. The first-order chi connectivity index (χ1) is 21.6. The predicted octanol–water partition coefficient (Wildman–Crippen LogP) is 12.4. The summed E-state index contributed by atoms with van der Waals surface area (Å²) in [7, 11) is 0. The molecule has 3 aromatic heterocycles. The maximum atomic E-state index is 15.3. The number of hydrogen-bond donors (Lipinski definition) is 0. The summed E-state index contributed by atoms with van der Waals surface area (Å²) in [4.78, 5) is 2.14. The molecule has 0 aliphatic heterocycles. The fraction of sp³-hybridized carbons (Fsp3) is 0.316. The van der Waals surface area contributed by atoms with Crippen LogP contribution < -0.4 is 0 Å². The maximum absolute atomic E-state index is 15.3. The van der Waals surface area contributed by atoms with E-state index in [2.05, 4.69) is 91.6 Å². The van der Waals surface area contributed by atoms with E-state index in [1.54, 1.807) is 28.7 Å². The van der Waals surface area contributed by atoms with Crippen molar-refractivity contribution in [2.24, 2.45) is 5.92 Å². The third-order valence-corrected chi connectivity index (χ3v) is 11.3. The summed E-state index contributed by atoms with van der Waals surface area (Å²) in [6.07, 6.45) is 9.06. The Morgan fingerprint density at radius 1 is 0.750 bits per heavy atom. The molecular weight excluding hydrogens is 600 g/mol. The van der Waals surface area contributed by atoms with Gasteiger partial charge < -0.3 is 0 Å². The van der Waals surface area contributed by atoms with Crippen molar-refractivity contribution in [3.05, 3.63) is 83.7 Å². The maximum Gasteiger partial charge on any atom is 0.132 e. The normalized spacial score (nSPS) is 12.1. The van der Waals surface area contributed by atoms with Crippen molar-refractivity contribution in [2.45, 2.75) is 72.1 Å². The van der Waals surface area contributed by atoms with E-state index in [0.717, 1.165) is 80.2 Å². The van der Waals surface area contributed by atoms with E-state index in [9.17, 15) is 0 Å². The molecule has 0 saturated heterocycles. The van der Waals surface area contributed by atoms with Gasteiger partial charge in [-0.25, -0.2) is 4.39 Å². The molecule has 0 N–H and O–H groups in total. The fourth-order valence-corrected chi connectivity index (χ4v) is 8.78. The van der Waals surface area contributed by atoms with Crippen LogP contribution in [0.5, 0.6) is 0 Å². The van der Waals surface area contributed by atoms with Crippen LogP contribution in [0.25, 0.3) is 52.4 Å². The molecule has 0 amide bonds. The number of aryl methyl sites for hydroxylation is 1. The van der Waals surface area contributed by atoms with E-state index in [1.807, 2.05) is 6.07 Å². The van der Waals surface area contributed by atoms with Crippen molar-refractivity contribution in [2.75, 3.05) is 0 Å². The van der Waals surface area contributed by atoms with Crippen LogP contribution in [0.15, 0.2) is 66.7 Å².